The van der Waals surface area contributed by atoms with E-state index in [0.29, 0.717) is 34.4 Å². The van der Waals surface area contributed by atoms with Crippen LogP contribution in [0, 0.1) is 5.92 Å². The Kier molecular flexibility index (Phi) is 5.93. The number of carbonyl (C=O) groups is 1. The van der Waals surface area contributed by atoms with Gasteiger partial charge < -0.3 is 9.47 Å². The minimum atomic E-state index is -0.261. The smallest absolute Gasteiger partial charge is 0.258 e. The Labute approximate surface area is 164 Å². The van der Waals surface area contributed by atoms with Gasteiger partial charge >= 0.3 is 0 Å². The van der Waals surface area contributed by atoms with Gasteiger partial charge in [-0.25, -0.2) is 0 Å². The van der Waals surface area contributed by atoms with Gasteiger partial charge in [-0.1, -0.05) is 26.0 Å². The summed E-state index contributed by atoms with van der Waals surface area (Å²) in [6, 6.07) is 12.9. The second-order valence-corrected chi connectivity index (χ2v) is 6.82. The van der Waals surface area contributed by atoms with Crippen molar-refractivity contribution in [3.05, 3.63) is 53.6 Å². The molecule has 2 N–H and O–H groups in total. The third-order valence-electron chi connectivity index (χ3n) is 4.23. The Bertz CT molecular complexity index is 949. The van der Waals surface area contributed by atoms with Crippen LogP contribution in [0.15, 0.2) is 42.5 Å². The van der Waals surface area contributed by atoms with Gasteiger partial charge in [0.1, 0.15) is 11.5 Å². The number of H-pyrrole nitrogens is 1. The molecule has 146 valence electrons. The van der Waals surface area contributed by atoms with E-state index in [9.17, 15) is 4.79 Å². The van der Waals surface area contributed by atoms with E-state index in [-0.39, 0.29) is 11.9 Å². The van der Waals surface area contributed by atoms with Crippen molar-refractivity contribution in [2.75, 3.05) is 19.5 Å². The molecule has 0 saturated carbocycles. The number of hydrogen-bond donors (Lipinski definition) is 2. The molecule has 7 heteroatoms. The second-order valence-electron chi connectivity index (χ2n) is 6.82. The highest BCUT2D eigenvalue weighted by molar-refractivity contribution is 6.03. The first kappa shape index (κ1) is 19.4. The van der Waals surface area contributed by atoms with Crippen LogP contribution < -0.4 is 14.8 Å². The molecule has 7 nitrogen and oxygen atoms in total. The highest BCUT2D eigenvalue weighted by Crippen LogP contribution is 2.31. The first-order valence-electron chi connectivity index (χ1n) is 9.05. The molecule has 0 aliphatic rings. The van der Waals surface area contributed by atoms with Crippen LogP contribution in [0.25, 0.3) is 11.4 Å². The number of methoxy groups -OCH3 is 2. The van der Waals surface area contributed by atoms with Gasteiger partial charge in [-0.15, -0.1) is 5.10 Å². The van der Waals surface area contributed by atoms with Gasteiger partial charge in [0.05, 0.1) is 19.8 Å². The first-order chi connectivity index (χ1) is 13.5. The Morgan fingerprint density at radius 3 is 2.50 bits per heavy atom. The summed E-state index contributed by atoms with van der Waals surface area (Å²) in [7, 11) is 3.16. The predicted molar refractivity (Wildman–Crippen MR) is 108 cm³/mol. The number of nitrogens with zero attached hydrogens (tertiary/aromatic N) is 2. The number of aromatic amines is 1. The fraction of sp³-hybridized carbons (Fsp3) is 0.286. The fourth-order valence-electron chi connectivity index (χ4n) is 2.87. The molecule has 2 aromatic carbocycles. The molecule has 0 aliphatic heterocycles. The van der Waals surface area contributed by atoms with Crippen molar-refractivity contribution >= 4 is 11.9 Å². The number of ether oxygens (including phenoxy) is 2. The van der Waals surface area contributed by atoms with Crippen molar-refractivity contribution in [2.24, 2.45) is 5.92 Å². The van der Waals surface area contributed by atoms with Crippen molar-refractivity contribution in [3.8, 4) is 22.9 Å². The van der Waals surface area contributed by atoms with Crippen molar-refractivity contribution in [3.63, 3.8) is 0 Å². The summed E-state index contributed by atoms with van der Waals surface area (Å²) in [5.74, 6) is 2.26. The van der Waals surface area contributed by atoms with Crippen LogP contribution in [0.1, 0.15) is 29.8 Å². The monoisotopic (exact) mass is 380 g/mol. The molecule has 1 aromatic heterocycles. The van der Waals surface area contributed by atoms with E-state index in [4.69, 9.17) is 9.47 Å². The zero-order valence-electron chi connectivity index (χ0n) is 16.4. The zero-order chi connectivity index (χ0) is 20.1. The minimum Gasteiger partial charge on any atom is -0.497 e. The van der Waals surface area contributed by atoms with E-state index in [1.165, 1.54) is 5.56 Å². The van der Waals surface area contributed by atoms with E-state index in [1.54, 1.807) is 26.4 Å². The summed E-state index contributed by atoms with van der Waals surface area (Å²) in [5.41, 5.74) is 2.48. The quantitative estimate of drug-likeness (QED) is 0.648. The molecule has 1 amide bonds. The van der Waals surface area contributed by atoms with Crippen molar-refractivity contribution < 1.29 is 14.3 Å². The van der Waals surface area contributed by atoms with Crippen LogP contribution in [0.3, 0.4) is 0 Å². The average Bonchev–Trinajstić information content (AvgIpc) is 3.15. The lowest BCUT2D eigenvalue weighted by Crippen LogP contribution is -2.13. The SMILES string of the molecule is COc1ccc(-c2nc(NC(=O)c3ccc(CC(C)C)cc3)n[nH]2)c(OC)c1. The molecule has 28 heavy (non-hydrogen) atoms. The van der Waals surface area contributed by atoms with Crippen molar-refractivity contribution in [1.82, 2.24) is 15.2 Å². The maximum Gasteiger partial charge on any atom is 0.258 e. The molecule has 0 fully saturated rings. The van der Waals surface area contributed by atoms with Crippen LogP contribution in [0.2, 0.25) is 0 Å². The van der Waals surface area contributed by atoms with E-state index < -0.39 is 0 Å². The van der Waals surface area contributed by atoms with Gasteiger partial charge in [-0.3, -0.25) is 15.2 Å². The molecule has 0 saturated heterocycles. The minimum absolute atomic E-state index is 0.198. The molecule has 0 spiro atoms. The topological polar surface area (TPSA) is 89.1 Å². The Balaban J connectivity index is 1.73. The number of rotatable bonds is 7. The number of nitrogens with one attached hydrogen (secondary N) is 2. The summed E-state index contributed by atoms with van der Waals surface area (Å²) >= 11 is 0. The van der Waals surface area contributed by atoms with E-state index in [2.05, 4.69) is 34.3 Å². The summed E-state index contributed by atoms with van der Waals surface area (Å²) < 4.78 is 10.6. The lowest BCUT2D eigenvalue weighted by Gasteiger charge is -2.08. The van der Waals surface area contributed by atoms with Crippen molar-refractivity contribution in [2.45, 2.75) is 20.3 Å². The fourth-order valence-corrected chi connectivity index (χ4v) is 2.87. The maximum atomic E-state index is 12.5. The number of aromatic nitrogens is 3. The number of hydrogen-bond acceptors (Lipinski definition) is 5. The van der Waals surface area contributed by atoms with Crippen LogP contribution in [-0.2, 0) is 6.42 Å². The van der Waals surface area contributed by atoms with Crippen LogP contribution in [0.4, 0.5) is 5.95 Å². The molecule has 0 unspecified atom stereocenters. The normalized spacial score (nSPS) is 10.8. The Hall–Kier alpha value is -3.35. The lowest BCUT2D eigenvalue weighted by atomic mass is 10.0. The van der Waals surface area contributed by atoms with Gasteiger partial charge in [0.2, 0.25) is 5.95 Å². The van der Waals surface area contributed by atoms with Gasteiger partial charge in [0, 0.05) is 11.6 Å². The highest BCUT2D eigenvalue weighted by Gasteiger charge is 2.14. The third-order valence-corrected chi connectivity index (χ3v) is 4.23. The summed E-state index contributed by atoms with van der Waals surface area (Å²) in [4.78, 5) is 16.8. The van der Waals surface area contributed by atoms with Gasteiger partial charge in [-0.2, -0.15) is 4.98 Å². The number of amides is 1. The zero-order valence-corrected chi connectivity index (χ0v) is 16.4. The van der Waals surface area contributed by atoms with E-state index in [1.807, 2.05) is 30.3 Å². The summed E-state index contributed by atoms with van der Waals surface area (Å²) in [6.07, 6.45) is 0.982. The standard InChI is InChI=1S/C21H24N4O3/c1-13(2)11-14-5-7-15(8-6-14)20(26)23-21-22-19(24-25-21)17-10-9-16(27-3)12-18(17)28-4/h5-10,12-13H,11H2,1-4H3,(H2,22,23,24,25,26). The molecule has 3 aromatic rings. The Morgan fingerprint density at radius 2 is 1.86 bits per heavy atom. The number of carbonyl (C=O) groups excluding carboxylic acids is 1. The molecule has 0 aliphatic carbocycles. The van der Waals surface area contributed by atoms with Crippen LogP contribution in [-0.4, -0.2) is 35.3 Å². The number of anilines is 1. The second kappa shape index (κ2) is 8.56. The van der Waals surface area contributed by atoms with E-state index >= 15 is 0 Å². The van der Waals surface area contributed by atoms with Gasteiger partial charge in [-0.05, 0) is 42.2 Å². The lowest BCUT2D eigenvalue weighted by molar-refractivity contribution is 0.102. The third kappa shape index (κ3) is 4.49. The van der Waals surface area contributed by atoms with Crippen LogP contribution in [0.5, 0.6) is 11.5 Å². The highest BCUT2D eigenvalue weighted by atomic mass is 16.5. The summed E-state index contributed by atoms with van der Waals surface area (Å²) in [5, 5.41) is 9.61. The molecule has 0 bridgehead atoms. The molecular weight excluding hydrogens is 356 g/mol. The summed E-state index contributed by atoms with van der Waals surface area (Å²) in [6.45, 7) is 4.33. The predicted octanol–water partition coefficient (Wildman–Crippen LogP) is 3.94. The molecule has 0 radical (unpaired) electrons. The average molecular weight is 380 g/mol. The molecule has 0 atom stereocenters. The largest absolute Gasteiger partial charge is 0.497 e. The van der Waals surface area contributed by atoms with E-state index in [0.717, 1.165) is 6.42 Å². The first-order valence-corrected chi connectivity index (χ1v) is 9.05. The molecule has 3 rings (SSSR count). The van der Waals surface area contributed by atoms with Crippen LogP contribution >= 0.6 is 0 Å². The van der Waals surface area contributed by atoms with Crippen molar-refractivity contribution in [1.29, 1.82) is 0 Å². The van der Waals surface area contributed by atoms with Gasteiger partial charge in [0.25, 0.3) is 5.91 Å². The van der Waals surface area contributed by atoms with Gasteiger partial charge in [0.15, 0.2) is 5.82 Å². The molecule has 1 heterocycles. The molecular formula is C21H24N4O3. The Morgan fingerprint density at radius 1 is 1.11 bits per heavy atom. The number of benzene rings is 2. The maximum absolute atomic E-state index is 12.5.